The molecule has 90 valence electrons. The van der Waals surface area contributed by atoms with Crippen LogP contribution in [0.25, 0.3) is 0 Å². The molecular formula is C13H23N3. The van der Waals surface area contributed by atoms with Gasteiger partial charge in [-0.15, -0.1) is 0 Å². The maximum absolute atomic E-state index is 5.61. The van der Waals surface area contributed by atoms with Crippen molar-refractivity contribution in [2.75, 3.05) is 18.8 Å². The fraction of sp³-hybridized carbons (Fsp3) is 0.615. The van der Waals surface area contributed by atoms with E-state index in [1.165, 1.54) is 6.42 Å². The van der Waals surface area contributed by atoms with E-state index >= 15 is 0 Å². The van der Waals surface area contributed by atoms with Crippen LogP contribution in [0.3, 0.4) is 0 Å². The largest absolute Gasteiger partial charge is 0.397 e. The van der Waals surface area contributed by atoms with Crippen LogP contribution in [0, 0.1) is 0 Å². The molecule has 0 spiro atoms. The van der Waals surface area contributed by atoms with Gasteiger partial charge in [-0.25, -0.2) is 0 Å². The second kappa shape index (κ2) is 6.48. The van der Waals surface area contributed by atoms with Crippen LogP contribution in [0.4, 0.5) is 5.69 Å². The van der Waals surface area contributed by atoms with Gasteiger partial charge in [-0.05, 0) is 38.9 Å². The number of hydrogen-bond acceptors (Lipinski definition) is 3. The molecule has 0 unspecified atom stereocenters. The normalized spacial score (nSPS) is 11.3. The minimum absolute atomic E-state index is 0.605. The maximum atomic E-state index is 5.61. The zero-order valence-electron chi connectivity index (χ0n) is 10.6. The highest BCUT2D eigenvalue weighted by Crippen LogP contribution is 2.05. The van der Waals surface area contributed by atoms with Crippen LogP contribution in [-0.2, 0) is 6.42 Å². The highest BCUT2D eigenvalue weighted by atomic mass is 15.1. The summed E-state index contributed by atoms with van der Waals surface area (Å²) < 4.78 is 0. The van der Waals surface area contributed by atoms with Gasteiger partial charge in [-0.3, -0.25) is 4.98 Å². The number of nitrogen functional groups attached to an aromatic ring is 1. The summed E-state index contributed by atoms with van der Waals surface area (Å²) in [6, 6.07) is 4.54. The molecule has 0 amide bonds. The SMILES string of the molecule is CCCN(CCc1ccc(N)cn1)C(C)C. The lowest BCUT2D eigenvalue weighted by atomic mass is 10.2. The molecule has 0 aliphatic rings. The quantitative estimate of drug-likeness (QED) is 0.801. The predicted octanol–water partition coefficient (Wildman–Crippen LogP) is 2.33. The van der Waals surface area contributed by atoms with Crippen LogP contribution in [0.15, 0.2) is 18.3 Å². The summed E-state index contributed by atoms with van der Waals surface area (Å²) >= 11 is 0. The first-order valence-corrected chi connectivity index (χ1v) is 6.08. The third-order valence-electron chi connectivity index (χ3n) is 2.74. The molecule has 3 nitrogen and oxygen atoms in total. The lowest BCUT2D eigenvalue weighted by molar-refractivity contribution is 0.224. The van der Waals surface area contributed by atoms with E-state index in [-0.39, 0.29) is 0 Å². The Labute approximate surface area is 98.7 Å². The molecular weight excluding hydrogens is 198 g/mol. The van der Waals surface area contributed by atoms with Crippen molar-refractivity contribution < 1.29 is 0 Å². The molecule has 0 fully saturated rings. The number of pyridine rings is 1. The van der Waals surface area contributed by atoms with Gasteiger partial charge in [0, 0.05) is 24.7 Å². The second-order valence-corrected chi connectivity index (χ2v) is 4.46. The number of nitrogens with two attached hydrogens (primary N) is 1. The van der Waals surface area contributed by atoms with Gasteiger partial charge < -0.3 is 10.6 Å². The first kappa shape index (κ1) is 13.0. The summed E-state index contributed by atoms with van der Waals surface area (Å²) in [6.07, 6.45) is 3.93. The van der Waals surface area contributed by atoms with Crippen molar-refractivity contribution in [1.82, 2.24) is 9.88 Å². The monoisotopic (exact) mass is 221 g/mol. The molecule has 0 bridgehead atoms. The Balaban J connectivity index is 2.45. The molecule has 0 atom stereocenters. The highest BCUT2D eigenvalue weighted by Gasteiger charge is 2.08. The summed E-state index contributed by atoms with van der Waals surface area (Å²) in [5.41, 5.74) is 7.46. The number of nitrogens with zero attached hydrogens (tertiary/aromatic N) is 2. The van der Waals surface area contributed by atoms with Crippen molar-refractivity contribution in [3.8, 4) is 0 Å². The third-order valence-corrected chi connectivity index (χ3v) is 2.74. The van der Waals surface area contributed by atoms with Crippen molar-refractivity contribution >= 4 is 5.69 Å². The fourth-order valence-corrected chi connectivity index (χ4v) is 1.76. The van der Waals surface area contributed by atoms with E-state index in [1.807, 2.05) is 12.1 Å². The Morgan fingerprint density at radius 3 is 2.56 bits per heavy atom. The summed E-state index contributed by atoms with van der Waals surface area (Å²) in [4.78, 5) is 6.80. The molecule has 16 heavy (non-hydrogen) atoms. The molecule has 1 aromatic rings. The summed E-state index contributed by atoms with van der Waals surface area (Å²) in [7, 11) is 0. The Kier molecular flexibility index (Phi) is 5.26. The number of rotatable bonds is 6. The lowest BCUT2D eigenvalue weighted by Gasteiger charge is -2.25. The van der Waals surface area contributed by atoms with Gasteiger partial charge in [0.25, 0.3) is 0 Å². The Morgan fingerprint density at radius 2 is 2.06 bits per heavy atom. The van der Waals surface area contributed by atoms with Gasteiger partial charge in [0.1, 0.15) is 0 Å². The molecule has 1 heterocycles. The standard InChI is InChI=1S/C13H23N3/c1-4-8-16(11(2)3)9-7-13-6-5-12(14)10-15-13/h5-6,10-11H,4,7-9,14H2,1-3H3. The lowest BCUT2D eigenvalue weighted by Crippen LogP contribution is -2.33. The molecule has 1 rings (SSSR count). The minimum atomic E-state index is 0.605. The van der Waals surface area contributed by atoms with Crippen LogP contribution in [0.5, 0.6) is 0 Å². The molecule has 0 radical (unpaired) electrons. The third kappa shape index (κ3) is 4.19. The summed E-state index contributed by atoms with van der Waals surface area (Å²) in [5, 5.41) is 0. The highest BCUT2D eigenvalue weighted by molar-refractivity contribution is 5.34. The Morgan fingerprint density at radius 1 is 1.31 bits per heavy atom. The number of hydrogen-bond donors (Lipinski definition) is 1. The van der Waals surface area contributed by atoms with E-state index in [0.29, 0.717) is 6.04 Å². The van der Waals surface area contributed by atoms with Gasteiger partial charge in [0.15, 0.2) is 0 Å². The van der Waals surface area contributed by atoms with Crippen molar-refractivity contribution in [3.05, 3.63) is 24.0 Å². The Bertz CT molecular complexity index is 293. The minimum Gasteiger partial charge on any atom is -0.397 e. The van der Waals surface area contributed by atoms with E-state index < -0.39 is 0 Å². The summed E-state index contributed by atoms with van der Waals surface area (Å²) in [6.45, 7) is 8.93. The van der Waals surface area contributed by atoms with Crippen molar-refractivity contribution in [1.29, 1.82) is 0 Å². The average molecular weight is 221 g/mol. The van der Waals surface area contributed by atoms with Crippen LogP contribution >= 0.6 is 0 Å². The maximum Gasteiger partial charge on any atom is 0.0501 e. The van der Waals surface area contributed by atoms with E-state index in [4.69, 9.17) is 5.73 Å². The summed E-state index contributed by atoms with van der Waals surface area (Å²) in [5.74, 6) is 0. The molecule has 2 N–H and O–H groups in total. The smallest absolute Gasteiger partial charge is 0.0501 e. The van der Waals surface area contributed by atoms with Crippen molar-refractivity contribution in [2.45, 2.75) is 39.7 Å². The molecule has 3 heteroatoms. The number of anilines is 1. The zero-order chi connectivity index (χ0) is 12.0. The fourth-order valence-electron chi connectivity index (χ4n) is 1.76. The van der Waals surface area contributed by atoms with E-state index in [0.717, 1.165) is 30.9 Å². The first-order valence-electron chi connectivity index (χ1n) is 6.08. The van der Waals surface area contributed by atoms with E-state index in [1.54, 1.807) is 6.20 Å². The van der Waals surface area contributed by atoms with Gasteiger partial charge in [0.2, 0.25) is 0 Å². The molecule has 0 saturated carbocycles. The van der Waals surface area contributed by atoms with Gasteiger partial charge in [-0.1, -0.05) is 6.92 Å². The van der Waals surface area contributed by atoms with Crippen LogP contribution in [0.1, 0.15) is 32.9 Å². The van der Waals surface area contributed by atoms with Gasteiger partial charge in [-0.2, -0.15) is 0 Å². The molecule has 0 saturated heterocycles. The van der Waals surface area contributed by atoms with Crippen LogP contribution < -0.4 is 5.73 Å². The molecule has 0 aliphatic heterocycles. The van der Waals surface area contributed by atoms with E-state index in [2.05, 4.69) is 30.7 Å². The topological polar surface area (TPSA) is 42.1 Å². The van der Waals surface area contributed by atoms with Crippen molar-refractivity contribution in [2.24, 2.45) is 0 Å². The van der Waals surface area contributed by atoms with E-state index in [9.17, 15) is 0 Å². The van der Waals surface area contributed by atoms with Crippen molar-refractivity contribution in [3.63, 3.8) is 0 Å². The van der Waals surface area contributed by atoms with Crippen LogP contribution in [0.2, 0.25) is 0 Å². The first-order chi connectivity index (χ1) is 7.63. The predicted molar refractivity (Wildman–Crippen MR) is 69.4 cm³/mol. The van der Waals surface area contributed by atoms with Crippen LogP contribution in [-0.4, -0.2) is 29.0 Å². The average Bonchev–Trinajstić information content (AvgIpc) is 2.26. The molecule has 0 aromatic carbocycles. The van der Waals surface area contributed by atoms with Gasteiger partial charge >= 0.3 is 0 Å². The molecule has 1 aromatic heterocycles. The Hall–Kier alpha value is -1.09. The second-order valence-electron chi connectivity index (χ2n) is 4.46. The zero-order valence-corrected chi connectivity index (χ0v) is 10.6. The van der Waals surface area contributed by atoms with Gasteiger partial charge in [0.05, 0.1) is 11.9 Å². The number of aromatic nitrogens is 1. The molecule has 0 aliphatic carbocycles.